The molecule has 0 heterocycles. The van der Waals surface area contributed by atoms with E-state index in [4.69, 9.17) is 15.2 Å². The standard InChI is InChI=1S/C22H27NO3/c1-13(2)14-7-9-19(25-5)18(11-14)15-6-8-17-16(10-15)12-22(3,4)20(17)26-21(23)24/h6-11,13,20H,12H2,1-5H3,(H2,23,24). The van der Waals surface area contributed by atoms with Crippen LogP contribution in [0.2, 0.25) is 0 Å². The van der Waals surface area contributed by atoms with Crippen molar-refractivity contribution in [1.29, 1.82) is 0 Å². The van der Waals surface area contributed by atoms with Gasteiger partial charge in [-0.1, -0.05) is 52.0 Å². The van der Waals surface area contributed by atoms with Crippen molar-refractivity contribution in [3.8, 4) is 16.9 Å². The Morgan fingerprint density at radius 2 is 1.92 bits per heavy atom. The highest BCUT2D eigenvalue weighted by molar-refractivity contribution is 5.73. The Morgan fingerprint density at radius 3 is 2.54 bits per heavy atom. The molecule has 0 bridgehead atoms. The Kier molecular flexibility index (Phi) is 4.70. The van der Waals surface area contributed by atoms with Crippen LogP contribution in [0.15, 0.2) is 36.4 Å². The van der Waals surface area contributed by atoms with Gasteiger partial charge in [0.25, 0.3) is 0 Å². The molecule has 1 amide bonds. The highest BCUT2D eigenvalue weighted by Crippen LogP contribution is 2.48. The molecule has 0 saturated carbocycles. The van der Waals surface area contributed by atoms with E-state index in [1.807, 2.05) is 6.07 Å². The van der Waals surface area contributed by atoms with E-state index in [1.165, 1.54) is 11.1 Å². The second-order valence-corrected chi connectivity index (χ2v) is 8.01. The highest BCUT2D eigenvalue weighted by Gasteiger charge is 2.41. The van der Waals surface area contributed by atoms with Gasteiger partial charge in [0.05, 0.1) is 7.11 Å². The largest absolute Gasteiger partial charge is 0.496 e. The maximum Gasteiger partial charge on any atom is 0.405 e. The summed E-state index contributed by atoms with van der Waals surface area (Å²) in [6.07, 6.45) is -0.209. The van der Waals surface area contributed by atoms with E-state index in [9.17, 15) is 4.79 Å². The van der Waals surface area contributed by atoms with Gasteiger partial charge >= 0.3 is 6.09 Å². The summed E-state index contributed by atoms with van der Waals surface area (Å²) < 4.78 is 11.0. The molecular formula is C22H27NO3. The summed E-state index contributed by atoms with van der Waals surface area (Å²) in [6.45, 7) is 8.56. The SMILES string of the molecule is COc1ccc(C(C)C)cc1-c1ccc2c(c1)CC(C)(C)C2OC(N)=O. The van der Waals surface area contributed by atoms with Crippen LogP contribution in [0.25, 0.3) is 11.1 Å². The summed E-state index contributed by atoms with van der Waals surface area (Å²) in [5.74, 6) is 1.30. The predicted molar refractivity (Wildman–Crippen MR) is 103 cm³/mol. The van der Waals surface area contributed by atoms with Gasteiger partial charge in [0.15, 0.2) is 0 Å². The number of rotatable bonds is 4. The zero-order valence-corrected chi connectivity index (χ0v) is 16.1. The molecule has 0 aromatic heterocycles. The van der Waals surface area contributed by atoms with Crippen molar-refractivity contribution in [3.05, 3.63) is 53.1 Å². The summed E-state index contributed by atoms with van der Waals surface area (Å²) in [6, 6.07) is 12.6. The number of ether oxygens (including phenoxy) is 2. The smallest absolute Gasteiger partial charge is 0.405 e. The lowest BCUT2D eigenvalue weighted by Gasteiger charge is -2.26. The van der Waals surface area contributed by atoms with Crippen LogP contribution in [0.5, 0.6) is 5.75 Å². The first-order valence-corrected chi connectivity index (χ1v) is 9.00. The van der Waals surface area contributed by atoms with E-state index in [2.05, 4.69) is 58.0 Å². The van der Waals surface area contributed by atoms with Gasteiger partial charge in [-0.15, -0.1) is 0 Å². The number of hydrogen-bond donors (Lipinski definition) is 1. The van der Waals surface area contributed by atoms with Gasteiger partial charge in [-0.05, 0) is 46.7 Å². The predicted octanol–water partition coefficient (Wildman–Crippen LogP) is 5.20. The lowest BCUT2D eigenvalue weighted by Crippen LogP contribution is -2.25. The molecule has 1 aliphatic rings. The van der Waals surface area contributed by atoms with Crippen LogP contribution in [0.3, 0.4) is 0 Å². The Bertz CT molecular complexity index is 839. The molecule has 0 saturated heterocycles. The van der Waals surface area contributed by atoms with Crippen molar-refractivity contribution in [2.45, 2.75) is 46.1 Å². The summed E-state index contributed by atoms with van der Waals surface area (Å²) in [4.78, 5) is 11.3. The molecule has 0 spiro atoms. The van der Waals surface area contributed by atoms with E-state index in [0.717, 1.165) is 28.9 Å². The fourth-order valence-corrected chi connectivity index (χ4v) is 3.84. The molecule has 0 radical (unpaired) electrons. The Balaban J connectivity index is 2.06. The maximum absolute atomic E-state index is 11.3. The molecule has 4 heteroatoms. The molecule has 4 nitrogen and oxygen atoms in total. The number of methoxy groups -OCH3 is 1. The van der Waals surface area contributed by atoms with Crippen molar-refractivity contribution in [2.24, 2.45) is 11.1 Å². The van der Waals surface area contributed by atoms with Gasteiger partial charge in [0, 0.05) is 11.0 Å². The number of nitrogens with two attached hydrogens (primary N) is 1. The zero-order valence-electron chi connectivity index (χ0n) is 16.1. The molecule has 1 aliphatic carbocycles. The molecule has 0 fully saturated rings. The maximum atomic E-state index is 11.3. The van der Waals surface area contributed by atoms with Crippen LogP contribution >= 0.6 is 0 Å². The third-order valence-corrected chi connectivity index (χ3v) is 5.22. The van der Waals surface area contributed by atoms with Gasteiger partial charge < -0.3 is 15.2 Å². The van der Waals surface area contributed by atoms with Crippen LogP contribution in [0, 0.1) is 5.41 Å². The number of carbonyl (C=O) groups is 1. The highest BCUT2D eigenvalue weighted by atomic mass is 16.6. The molecule has 26 heavy (non-hydrogen) atoms. The first kappa shape index (κ1) is 18.3. The summed E-state index contributed by atoms with van der Waals surface area (Å²) >= 11 is 0. The van der Waals surface area contributed by atoms with E-state index >= 15 is 0 Å². The lowest BCUT2D eigenvalue weighted by atomic mass is 9.87. The lowest BCUT2D eigenvalue weighted by molar-refractivity contribution is 0.0392. The quantitative estimate of drug-likeness (QED) is 0.821. The van der Waals surface area contributed by atoms with Crippen LogP contribution < -0.4 is 10.5 Å². The number of primary amides is 1. The van der Waals surface area contributed by atoms with Crippen LogP contribution in [-0.2, 0) is 11.2 Å². The van der Waals surface area contributed by atoms with Crippen LogP contribution in [0.1, 0.15) is 56.4 Å². The molecule has 2 aromatic carbocycles. The third-order valence-electron chi connectivity index (χ3n) is 5.22. The molecule has 1 atom stereocenters. The number of benzene rings is 2. The molecule has 0 aliphatic heterocycles. The Morgan fingerprint density at radius 1 is 1.19 bits per heavy atom. The van der Waals surface area contributed by atoms with Crippen molar-refractivity contribution < 1.29 is 14.3 Å². The second kappa shape index (κ2) is 6.67. The Hall–Kier alpha value is -2.49. The van der Waals surface area contributed by atoms with Crippen LogP contribution in [0.4, 0.5) is 4.79 Å². The first-order chi connectivity index (χ1) is 12.2. The van der Waals surface area contributed by atoms with Gasteiger partial charge in [-0.2, -0.15) is 0 Å². The number of carbonyl (C=O) groups excluding carboxylic acids is 1. The van der Waals surface area contributed by atoms with Crippen molar-refractivity contribution in [2.75, 3.05) is 7.11 Å². The molecule has 3 rings (SSSR count). The van der Waals surface area contributed by atoms with E-state index in [1.54, 1.807) is 7.11 Å². The minimum absolute atomic E-state index is 0.181. The van der Waals surface area contributed by atoms with Gasteiger partial charge in [-0.25, -0.2) is 4.79 Å². The molecular weight excluding hydrogens is 326 g/mol. The van der Waals surface area contributed by atoms with Crippen molar-refractivity contribution in [1.82, 2.24) is 0 Å². The minimum Gasteiger partial charge on any atom is -0.496 e. The molecule has 2 N–H and O–H groups in total. The summed E-state index contributed by atoms with van der Waals surface area (Å²) in [5.41, 5.74) is 10.8. The van der Waals surface area contributed by atoms with Crippen molar-refractivity contribution in [3.63, 3.8) is 0 Å². The summed E-state index contributed by atoms with van der Waals surface area (Å²) in [5, 5.41) is 0. The Labute approximate surface area is 155 Å². The topological polar surface area (TPSA) is 61.6 Å². The van der Waals surface area contributed by atoms with Gasteiger partial charge in [0.1, 0.15) is 11.9 Å². The molecule has 138 valence electrons. The number of hydrogen-bond acceptors (Lipinski definition) is 3. The average molecular weight is 353 g/mol. The van der Waals surface area contributed by atoms with E-state index in [-0.39, 0.29) is 11.5 Å². The summed E-state index contributed by atoms with van der Waals surface area (Å²) in [7, 11) is 1.70. The fraction of sp³-hybridized carbons (Fsp3) is 0.409. The average Bonchev–Trinajstić information content (AvgIpc) is 2.83. The van der Waals surface area contributed by atoms with E-state index in [0.29, 0.717) is 5.92 Å². The zero-order chi connectivity index (χ0) is 19.1. The third kappa shape index (κ3) is 3.28. The van der Waals surface area contributed by atoms with Crippen LogP contribution in [-0.4, -0.2) is 13.2 Å². The number of amides is 1. The second-order valence-electron chi connectivity index (χ2n) is 8.01. The minimum atomic E-state index is -0.730. The van der Waals surface area contributed by atoms with Crippen molar-refractivity contribution >= 4 is 6.09 Å². The normalized spacial score (nSPS) is 17.8. The van der Waals surface area contributed by atoms with Gasteiger partial charge in [0.2, 0.25) is 0 Å². The van der Waals surface area contributed by atoms with E-state index < -0.39 is 6.09 Å². The molecule has 1 unspecified atom stereocenters. The monoisotopic (exact) mass is 353 g/mol. The first-order valence-electron chi connectivity index (χ1n) is 9.00. The number of fused-ring (bicyclic) bond motifs is 1. The molecule has 2 aromatic rings. The fourth-order valence-electron chi connectivity index (χ4n) is 3.84. The van der Waals surface area contributed by atoms with Gasteiger partial charge in [-0.3, -0.25) is 0 Å².